The van der Waals surface area contributed by atoms with E-state index >= 15 is 0 Å². The molecule has 2 nitrogen and oxygen atoms in total. The van der Waals surface area contributed by atoms with Crippen molar-refractivity contribution in [3.8, 4) is 0 Å². The summed E-state index contributed by atoms with van der Waals surface area (Å²) in [6, 6.07) is 0.422. The lowest BCUT2D eigenvalue weighted by molar-refractivity contribution is -0.0324. The second kappa shape index (κ2) is 5.50. The highest BCUT2D eigenvalue weighted by Gasteiger charge is 2.37. The summed E-state index contributed by atoms with van der Waals surface area (Å²) in [6.07, 6.45) is 5.96. The zero-order valence-corrected chi connectivity index (χ0v) is 12.7. The maximum atomic E-state index is 10.3. The number of nitrogens with zero attached hydrogens (tertiary/aromatic N) is 1. The van der Waals surface area contributed by atoms with Crippen molar-refractivity contribution in [1.29, 1.82) is 0 Å². The number of rotatable bonds is 2. The molecule has 0 bridgehead atoms. The molecule has 1 aliphatic carbocycles. The van der Waals surface area contributed by atoms with Crippen LogP contribution in [0.25, 0.3) is 0 Å². The van der Waals surface area contributed by atoms with Gasteiger partial charge in [-0.25, -0.2) is 0 Å². The predicted molar refractivity (Wildman–Crippen MR) is 76.6 cm³/mol. The SMILES string of the molecule is CC(C)C1CCC(O)C(N2CCCC(C)(C)C2)C1. The summed E-state index contributed by atoms with van der Waals surface area (Å²) in [7, 11) is 0. The van der Waals surface area contributed by atoms with Gasteiger partial charge in [0.2, 0.25) is 0 Å². The fraction of sp³-hybridized carbons (Fsp3) is 1.00. The van der Waals surface area contributed by atoms with Crippen LogP contribution < -0.4 is 0 Å². The van der Waals surface area contributed by atoms with Crippen LogP contribution in [0.4, 0.5) is 0 Å². The zero-order valence-electron chi connectivity index (χ0n) is 12.7. The minimum absolute atomic E-state index is 0.0890. The molecule has 106 valence electrons. The van der Waals surface area contributed by atoms with Crippen molar-refractivity contribution in [2.45, 2.75) is 71.9 Å². The average Bonchev–Trinajstić information content (AvgIpc) is 2.27. The van der Waals surface area contributed by atoms with Crippen molar-refractivity contribution in [3.63, 3.8) is 0 Å². The first-order chi connectivity index (χ1) is 8.39. The quantitative estimate of drug-likeness (QED) is 0.816. The highest BCUT2D eigenvalue weighted by molar-refractivity contribution is 4.91. The van der Waals surface area contributed by atoms with E-state index in [-0.39, 0.29) is 6.10 Å². The molecule has 1 heterocycles. The van der Waals surface area contributed by atoms with Crippen LogP contribution >= 0.6 is 0 Å². The highest BCUT2D eigenvalue weighted by Crippen LogP contribution is 2.36. The molecule has 1 N–H and O–H groups in total. The lowest BCUT2D eigenvalue weighted by atomic mass is 9.75. The van der Waals surface area contributed by atoms with Gasteiger partial charge in [-0.05, 0) is 55.9 Å². The van der Waals surface area contributed by atoms with Crippen molar-refractivity contribution < 1.29 is 5.11 Å². The lowest BCUT2D eigenvalue weighted by Gasteiger charge is -2.47. The van der Waals surface area contributed by atoms with Crippen molar-refractivity contribution in [2.75, 3.05) is 13.1 Å². The van der Waals surface area contributed by atoms with Gasteiger partial charge in [0.1, 0.15) is 0 Å². The molecule has 2 fully saturated rings. The Kier molecular flexibility index (Phi) is 4.38. The standard InChI is InChI=1S/C16H31NO/c1-12(2)13-6-7-15(18)14(10-13)17-9-5-8-16(3,4)11-17/h12-15,18H,5-11H2,1-4H3. The van der Waals surface area contributed by atoms with E-state index in [1.54, 1.807) is 0 Å². The van der Waals surface area contributed by atoms with E-state index in [2.05, 4.69) is 32.6 Å². The van der Waals surface area contributed by atoms with E-state index in [4.69, 9.17) is 0 Å². The summed E-state index contributed by atoms with van der Waals surface area (Å²) >= 11 is 0. The Labute approximate surface area is 113 Å². The molecule has 3 unspecified atom stereocenters. The second-order valence-corrected chi connectivity index (χ2v) is 7.69. The molecule has 3 atom stereocenters. The first-order valence-electron chi connectivity index (χ1n) is 7.81. The predicted octanol–water partition coefficient (Wildman–Crippen LogP) is 3.29. The first-order valence-corrected chi connectivity index (χ1v) is 7.81. The van der Waals surface area contributed by atoms with Gasteiger partial charge in [0.05, 0.1) is 6.10 Å². The van der Waals surface area contributed by atoms with E-state index in [9.17, 15) is 5.11 Å². The van der Waals surface area contributed by atoms with Gasteiger partial charge in [-0.3, -0.25) is 4.90 Å². The van der Waals surface area contributed by atoms with E-state index in [0.29, 0.717) is 11.5 Å². The summed E-state index contributed by atoms with van der Waals surface area (Å²) in [6.45, 7) is 11.8. The Bertz CT molecular complexity index is 274. The topological polar surface area (TPSA) is 23.5 Å². The zero-order chi connectivity index (χ0) is 13.3. The Morgan fingerprint density at radius 1 is 1.22 bits per heavy atom. The number of hydrogen-bond acceptors (Lipinski definition) is 2. The summed E-state index contributed by atoms with van der Waals surface area (Å²) in [4.78, 5) is 2.59. The molecule has 2 aliphatic rings. The van der Waals surface area contributed by atoms with Gasteiger partial charge in [0.25, 0.3) is 0 Å². The van der Waals surface area contributed by atoms with E-state index in [1.165, 1.54) is 38.8 Å². The third kappa shape index (κ3) is 3.27. The maximum absolute atomic E-state index is 10.3. The van der Waals surface area contributed by atoms with Gasteiger partial charge in [0, 0.05) is 12.6 Å². The molecule has 1 saturated heterocycles. The van der Waals surface area contributed by atoms with Crippen LogP contribution in [0.5, 0.6) is 0 Å². The van der Waals surface area contributed by atoms with Crippen molar-refractivity contribution >= 4 is 0 Å². The van der Waals surface area contributed by atoms with Crippen LogP contribution in [0.15, 0.2) is 0 Å². The van der Waals surface area contributed by atoms with Crippen molar-refractivity contribution in [2.24, 2.45) is 17.3 Å². The van der Waals surface area contributed by atoms with E-state index < -0.39 is 0 Å². The molecular formula is C16H31NO. The Hall–Kier alpha value is -0.0800. The maximum Gasteiger partial charge on any atom is 0.0695 e. The number of hydrogen-bond donors (Lipinski definition) is 1. The van der Waals surface area contributed by atoms with Crippen LogP contribution in [0.2, 0.25) is 0 Å². The third-order valence-corrected chi connectivity index (χ3v) is 5.16. The fourth-order valence-corrected chi connectivity index (χ4v) is 3.91. The van der Waals surface area contributed by atoms with Crippen molar-refractivity contribution in [3.05, 3.63) is 0 Å². The second-order valence-electron chi connectivity index (χ2n) is 7.69. The number of aliphatic hydroxyl groups excluding tert-OH is 1. The van der Waals surface area contributed by atoms with E-state index in [0.717, 1.165) is 18.3 Å². The third-order valence-electron chi connectivity index (χ3n) is 5.16. The van der Waals surface area contributed by atoms with Crippen LogP contribution in [0, 0.1) is 17.3 Å². The van der Waals surface area contributed by atoms with Crippen molar-refractivity contribution in [1.82, 2.24) is 4.90 Å². The molecule has 0 aromatic carbocycles. The minimum Gasteiger partial charge on any atom is -0.391 e. The fourth-order valence-electron chi connectivity index (χ4n) is 3.91. The number of aliphatic hydroxyl groups is 1. The Morgan fingerprint density at radius 2 is 1.94 bits per heavy atom. The van der Waals surface area contributed by atoms with Crippen LogP contribution in [0.3, 0.4) is 0 Å². The first kappa shape index (κ1) is 14.3. The molecule has 1 aliphatic heterocycles. The molecule has 0 amide bonds. The van der Waals surface area contributed by atoms with Gasteiger partial charge in [0.15, 0.2) is 0 Å². The number of likely N-dealkylation sites (tertiary alicyclic amines) is 1. The van der Waals surface area contributed by atoms with Crippen LogP contribution in [0.1, 0.15) is 59.8 Å². The number of piperidine rings is 1. The van der Waals surface area contributed by atoms with Crippen LogP contribution in [-0.4, -0.2) is 35.2 Å². The minimum atomic E-state index is -0.0890. The molecule has 1 saturated carbocycles. The molecular weight excluding hydrogens is 222 g/mol. The highest BCUT2D eigenvalue weighted by atomic mass is 16.3. The summed E-state index contributed by atoms with van der Waals surface area (Å²) < 4.78 is 0. The molecule has 0 radical (unpaired) electrons. The Morgan fingerprint density at radius 3 is 2.56 bits per heavy atom. The van der Waals surface area contributed by atoms with Gasteiger partial charge in [-0.1, -0.05) is 27.7 Å². The van der Waals surface area contributed by atoms with Gasteiger partial charge in [-0.15, -0.1) is 0 Å². The summed E-state index contributed by atoms with van der Waals surface area (Å²) in [5.41, 5.74) is 0.433. The van der Waals surface area contributed by atoms with Gasteiger partial charge < -0.3 is 5.11 Å². The van der Waals surface area contributed by atoms with Gasteiger partial charge in [-0.2, -0.15) is 0 Å². The molecule has 2 heteroatoms. The molecule has 0 aromatic heterocycles. The average molecular weight is 253 g/mol. The largest absolute Gasteiger partial charge is 0.391 e. The lowest BCUT2D eigenvalue weighted by Crippen LogP contribution is -2.53. The monoisotopic (exact) mass is 253 g/mol. The van der Waals surface area contributed by atoms with Crippen LogP contribution in [-0.2, 0) is 0 Å². The smallest absolute Gasteiger partial charge is 0.0695 e. The molecule has 2 rings (SSSR count). The molecule has 0 spiro atoms. The molecule has 0 aromatic rings. The normalized spacial score (nSPS) is 38.0. The van der Waals surface area contributed by atoms with Gasteiger partial charge >= 0.3 is 0 Å². The van der Waals surface area contributed by atoms with E-state index in [1.807, 2.05) is 0 Å². The molecule has 18 heavy (non-hydrogen) atoms. The Balaban J connectivity index is 2.01. The summed E-state index contributed by atoms with van der Waals surface area (Å²) in [5, 5.41) is 10.3. The summed E-state index contributed by atoms with van der Waals surface area (Å²) in [5.74, 6) is 1.57.